The molecule has 1 atom stereocenters. The van der Waals surface area contributed by atoms with E-state index in [0.29, 0.717) is 33.8 Å². The van der Waals surface area contributed by atoms with Crippen molar-refractivity contribution in [2.24, 2.45) is 0 Å². The zero-order valence-corrected chi connectivity index (χ0v) is 19.0. The Morgan fingerprint density at radius 2 is 1.81 bits per heavy atom. The molecule has 172 valence electrons. The molecule has 0 aliphatic rings. The number of aromatic nitrogens is 2. The SMILES string of the molecule is COc1cc2nc(C)nc(N[C@H](C)c3cc(N)cc(C(F)(F)F)c3F)c2cc1P(C)(C)=O. The van der Waals surface area contributed by atoms with Crippen molar-refractivity contribution in [1.29, 1.82) is 0 Å². The van der Waals surface area contributed by atoms with E-state index in [1.807, 2.05) is 0 Å². The standard InChI is InChI=1S/C21H23F4N4O2P/c1-10(13-6-12(26)7-15(19(13)22)21(23,24)25)27-20-14-8-18(32(4,5)30)17(31-3)9-16(14)28-11(2)29-20/h6-10H,26H2,1-5H3,(H,27,28,29)/t10-/m1/s1. The summed E-state index contributed by atoms with van der Waals surface area (Å²) < 4.78 is 72.5. The van der Waals surface area contributed by atoms with Crippen LogP contribution in [-0.2, 0) is 10.7 Å². The summed E-state index contributed by atoms with van der Waals surface area (Å²) in [6.07, 6.45) is -4.89. The van der Waals surface area contributed by atoms with Crippen molar-refractivity contribution >= 4 is 34.9 Å². The highest BCUT2D eigenvalue weighted by atomic mass is 31.2. The molecule has 0 unspecified atom stereocenters. The monoisotopic (exact) mass is 470 g/mol. The normalized spacial score (nSPS) is 13.3. The number of nitrogens with zero attached hydrogens (tertiary/aromatic N) is 2. The molecule has 2 aromatic carbocycles. The number of methoxy groups -OCH3 is 1. The van der Waals surface area contributed by atoms with E-state index < -0.39 is 30.7 Å². The number of hydrogen-bond acceptors (Lipinski definition) is 6. The molecular formula is C21H23F4N4O2P. The summed E-state index contributed by atoms with van der Waals surface area (Å²) in [6, 6.07) is 4.05. The number of ether oxygens (including phenoxy) is 1. The van der Waals surface area contributed by atoms with Gasteiger partial charge in [-0.05, 0) is 45.4 Å². The molecule has 0 aliphatic heterocycles. The molecule has 32 heavy (non-hydrogen) atoms. The molecule has 6 nitrogen and oxygen atoms in total. The fourth-order valence-corrected chi connectivity index (χ4v) is 4.56. The van der Waals surface area contributed by atoms with Crippen molar-refractivity contribution in [1.82, 2.24) is 9.97 Å². The van der Waals surface area contributed by atoms with Gasteiger partial charge in [0.2, 0.25) is 0 Å². The Labute approximate surface area is 182 Å². The summed E-state index contributed by atoms with van der Waals surface area (Å²) in [5.41, 5.74) is 4.18. The summed E-state index contributed by atoms with van der Waals surface area (Å²) in [5, 5.41) is 3.90. The van der Waals surface area contributed by atoms with E-state index in [1.54, 1.807) is 32.4 Å². The van der Waals surface area contributed by atoms with Crippen molar-refractivity contribution in [2.45, 2.75) is 26.1 Å². The highest BCUT2D eigenvalue weighted by molar-refractivity contribution is 7.70. The van der Waals surface area contributed by atoms with E-state index in [-0.39, 0.29) is 17.1 Å². The molecule has 3 rings (SSSR count). The zero-order valence-electron chi connectivity index (χ0n) is 18.1. The number of rotatable bonds is 5. The Balaban J connectivity index is 2.15. The number of anilines is 2. The van der Waals surface area contributed by atoms with Gasteiger partial charge >= 0.3 is 6.18 Å². The van der Waals surface area contributed by atoms with Crippen molar-refractivity contribution < 1.29 is 26.9 Å². The van der Waals surface area contributed by atoms with Gasteiger partial charge in [0.15, 0.2) is 0 Å². The van der Waals surface area contributed by atoms with E-state index in [9.17, 15) is 22.1 Å². The Bertz CT molecular complexity index is 1240. The number of fused-ring (bicyclic) bond motifs is 1. The molecule has 0 radical (unpaired) electrons. The van der Waals surface area contributed by atoms with E-state index in [2.05, 4.69) is 15.3 Å². The lowest BCUT2D eigenvalue weighted by molar-refractivity contribution is -0.140. The second kappa shape index (κ2) is 8.24. The maximum Gasteiger partial charge on any atom is 0.419 e. The number of alkyl halides is 3. The van der Waals surface area contributed by atoms with Crippen molar-refractivity contribution in [3.8, 4) is 5.75 Å². The maximum absolute atomic E-state index is 14.7. The number of aryl methyl sites for hydroxylation is 1. The summed E-state index contributed by atoms with van der Waals surface area (Å²) in [5.74, 6) is -0.370. The molecule has 0 amide bonds. The van der Waals surface area contributed by atoms with Gasteiger partial charge < -0.3 is 20.4 Å². The molecule has 0 spiro atoms. The first kappa shape index (κ1) is 23.8. The summed E-state index contributed by atoms with van der Waals surface area (Å²) in [6.45, 7) is 6.31. The molecular weight excluding hydrogens is 447 g/mol. The molecule has 3 aromatic rings. The van der Waals surface area contributed by atoms with Gasteiger partial charge in [0.1, 0.15) is 30.4 Å². The lowest BCUT2D eigenvalue weighted by atomic mass is 10.0. The molecule has 0 aliphatic carbocycles. The number of benzene rings is 2. The first-order valence-electron chi connectivity index (χ1n) is 9.57. The topological polar surface area (TPSA) is 90.1 Å². The van der Waals surface area contributed by atoms with Crippen LogP contribution in [-0.4, -0.2) is 30.4 Å². The molecule has 0 saturated carbocycles. The average molecular weight is 470 g/mol. The van der Waals surface area contributed by atoms with Gasteiger partial charge in [0.25, 0.3) is 0 Å². The molecule has 11 heteroatoms. The Morgan fingerprint density at radius 1 is 1.16 bits per heavy atom. The summed E-state index contributed by atoms with van der Waals surface area (Å²) in [4.78, 5) is 8.70. The van der Waals surface area contributed by atoms with E-state index >= 15 is 0 Å². The van der Waals surface area contributed by atoms with Crippen LogP contribution in [0.5, 0.6) is 5.75 Å². The third kappa shape index (κ3) is 4.65. The molecule has 1 aromatic heterocycles. The van der Waals surface area contributed by atoms with Crippen LogP contribution in [0.2, 0.25) is 0 Å². The van der Waals surface area contributed by atoms with Gasteiger partial charge in [0, 0.05) is 22.7 Å². The van der Waals surface area contributed by atoms with Crippen LogP contribution < -0.4 is 21.1 Å². The van der Waals surface area contributed by atoms with Crippen LogP contribution in [0.15, 0.2) is 24.3 Å². The van der Waals surface area contributed by atoms with Crippen LogP contribution in [0.4, 0.5) is 29.1 Å². The second-order valence-corrected chi connectivity index (χ2v) is 11.0. The summed E-state index contributed by atoms with van der Waals surface area (Å²) in [7, 11) is -1.30. The maximum atomic E-state index is 14.7. The predicted molar refractivity (Wildman–Crippen MR) is 118 cm³/mol. The van der Waals surface area contributed by atoms with Gasteiger partial charge in [-0.2, -0.15) is 13.2 Å². The van der Waals surface area contributed by atoms with E-state index in [0.717, 1.165) is 6.07 Å². The first-order valence-corrected chi connectivity index (χ1v) is 12.2. The second-order valence-electron chi connectivity index (χ2n) is 7.85. The number of nitrogen functional groups attached to an aromatic ring is 1. The Kier molecular flexibility index (Phi) is 6.12. The van der Waals surface area contributed by atoms with Crippen molar-refractivity contribution in [2.75, 3.05) is 31.5 Å². The molecule has 1 heterocycles. The number of halogens is 4. The van der Waals surface area contributed by atoms with Crippen LogP contribution in [0.1, 0.15) is 29.9 Å². The highest BCUT2D eigenvalue weighted by Gasteiger charge is 2.36. The molecule has 0 fully saturated rings. The summed E-state index contributed by atoms with van der Waals surface area (Å²) >= 11 is 0. The van der Waals surface area contributed by atoms with Crippen LogP contribution in [0.3, 0.4) is 0 Å². The Hall–Kier alpha value is -2.87. The molecule has 0 bridgehead atoms. The van der Waals surface area contributed by atoms with Crippen LogP contribution in [0.25, 0.3) is 10.9 Å². The number of nitrogens with one attached hydrogen (secondary N) is 1. The third-order valence-electron chi connectivity index (χ3n) is 4.94. The lowest BCUT2D eigenvalue weighted by Gasteiger charge is -2.21. The van der Waals surface area contributed by atoms with E-state index in [4.69, 9.17) is 10.5 Å². The van der Waals surface area contributed by atoms with Crippen molar-refractivity contribution in [3.05, 3.63) is 47.0 Å². The number of nitrogens with two attached hydrogens (primary N) is 1. The smallest absolute Gasteiger partial charge is 0.419 e. The van der Waals surface area contributed by atoms with Gasteiger partial charge in [-0.25, -0.2) is 14.4 Å². The predicted octanol–water partition coefficient (Wildman–Crippen LogP) is 5.11. The largest absolute Gasteiger partial charge is 0.496 e. The minimum atomic E-state index is -4.89. The third-order valence-corrected chi connectivity index (χ3v) is 6.45. The van der Waals surface area contributed by atoms with Gasteiger partial charge in [-0.15, -0.1) is 0 Å². The minimum absolute atomic E-state index is 0.212. The average Bonchev–Trinajstić information content (AvgIpc) is 2.66. The van der Waals surface area contributed by atoms with Crippen molar-refractivity contribution in [3.63, 3.8) is 0 Å². The van der Waals surface area contributed by atoms with Crippen LogP contribution >= 0.6 is 7.14 Å². The van der Waals surface area contributed by atoms with Gasteiger partial charge in [-0.1, -0.05) is 0 Å². The molecule has 0 saturated heterocycles. The fourth-order valence-electron chi connectivity index (χ4n) is 3.43. The van der Waals surface area contributed by atoms with Gasteiger partial charge in [0.05, 0.1) is 29.5 Å². The fraction of sp³-hybridized carbons (Fsp3) is 0.333. The lowest BCUT2D eigenvalue weighted by Crippen LogP contribution is -2.16. The Morgan fingerprint density at radius 3 is 2.38 bits per heavy atom. The zero-order chi connectivity index (χ0) is 24.0. The number of hydrogen-bond donors (Lipinski definition) is 2. The van der Waals surface area contributed by atoms with Gasteiger partial charge in [-0.3, -0.25) is 0 Å². The highest BCUT2D eigenvalue weighted by Crippen LogP contribution is 2.41. The van der Waals surface area contributed by atoms with E-state index in [1.165, 1.54) is 14.0 Å². The first-order chi connectivity index (χ1) is 14.7. The quantitative estimate of drug-likeness (QED) is 0.306. The molecule has 3 N–H and O–H groups in total. The van der Waals surface area contributed by atoms with Crippen LogP contribution in [0, 0.1) is 12.7 Å². The minimum Gasteiger partial charge on any atom is -0.496 e.